The highest BCUT2D eigenvalue weighted by Crippen LogP contribution is 2.13. The normalized spacial score (nSPS) is 19.6. The lowest BCUT2D eigenvalue weighted by Crippen LogP contribution is -2.23. The van der Waals surface area contributed by atoms with Gasteiger partial charge in [-0.05, 0) is 38.7 Å². The first kappa shape index (κ1) is 14.5. The lowest BCUT2D eigenvalue weighted by atomic mass is 10.1. The van der Waals surface area contributed by atoms with E-state index in [0.29, 0.717) is 19.8 Å². The first-order valence-electron chi connectivity index (χ1n) is 7.12. The Labute approximate surface area is 115 Å². The van der Waals surface area contributed by atoms with Crippen LogP contribution in [0.4, 0.5) is 0 Å². The van der Waals surface area contributed by atoms with Crippen molar-refractivity contribution in [2.45, 2.75) is 46.0 Å². The van der Waals surface area contributed by atoms with E-state index in [-0.39, 0.29) is 6.29 Å². The van der Waals surface area contributed by atoms with E-state index in [1.807, 2.05) is 0 Å². The van der Waals surface area contributed by atoms with E-state index in [9.17, 15) is 0 Å². The van der Waals surface area contributed by atoms with Crippen LogP contribution in [0.1, 0.15) is 36.0 Å². The summed E-state index contributed by atoms with van der Waals surface area (Å²) >= 11 is 0. The van der Waals surface area contributed by atoms with Gasteiger partial charge >= 0.3 is 0 Å². The summed E-state index contributed by atoms with van der Waals surface area (Å²) in [4.78, 5) is 0. The molecule has 0 N–H and O–H groups in total. The summed E-state index contributed by atoms with van der Waals surface area (Å²) in [5, 5.41) is 0. The Bertz CT molecular complexity index is 363. The van der Waals surface area contributed by atoms with Gasteiger partial charge in [0.1, 0.15) is 0 Å². The van der Waals surface area contributed by atoms with Gasteiger partial charge in [0.05, 0.1) is 19.8 Å². The molecule has 1 fully saturated rings. The molecule has 19 heavy (non-hydrogen) atoms. The van der Waals surface area contributed by atoms with Gasteiger partial charge in [0.2, 0.25) is 0 Å². The van der Waals surface area contributed by atoms with Crippen molar-refractivity contribution in [3.05, 3.63) is 34.9 Å². The van der Waals surface area contributed by atoms with Gasteiger partial charge in [-0.25, -0.2) is 0 Å². The summed E-state index contributed by atoms with van der Waals surface area (Å²) in [6.07, 6.45) is 3.35. The third-order valence-electron chi connectivity index (χ3n) is 3.22. The maximum atomic E-state index is 5.64. The van der Waals surface area contributed by atoms with Gasteiger partial charge in [-0.15, -0.1) is 0 Å². The van der Waals surface area contributed by atoms with Crippen LogP contribution in [0.25, 0.3) is 0 Å². The predicted octanol–water partition coefficient (Wildman–Crippen LogP) is 3.36. The first-order chi connectivity index (χ1) is 9.24. The standard InChI is InChI=1S/C16H24O3/c1-13-9-14(2)11-15(10-13)12-17-7-8-19-16-5-3-4-6-18-16/h9-11,16H,3-8,12H2,1-2H3. The average molecular weight is 264 g/mol. The molecule has 0 spiro atoms. The number of hydrogen-bond acceptors (Lipinski definition) is 3. The van der Waals surface area contributed by atoms with Crippen molar-refractivity contribution in [3.8, 4) is 0 Å². The van der Waals surface area contributed by atoms with Crippen LogP contribution >= 0.6 is 0 Å². The second-order valence-corrected chi connectivity index (χ2v) is 5.22. The number of hydrogen-bond donors (Lipinski definition) is 0. The molecule has 1 aliphatic rings. The Balaban J connectivity index is 1.60. The van der Waals surface area contributed by atoms with Gasteiger partial charge in [0.25, 0.3) is 0 Å². The smallest absolute Gasteiger partial charge is 0.157 e. The van der Waals surface area contributed by atoms with Crippen LogP contribution in [0.2, 0.25) is 0 Å². The van der Waals surface area contributed by atoms with E-state index in [2.05, 4.69) is 32.0 Å². The molecule has 3 nitrogen and oxygen atoms in total. The summed E-state index contributed by atoms with van der Waals surface area (Å²) in [5.41, 5.74) is 3.79. The molecule has 1 atom stereocenters. The highest BCUT2D eigenvalue weighted by Gasteiger charge is 2.13. The van der Waals surface area contributed by atoms with Crippen molar-refractivity contribution < 1.29 is 14.2 Å². The van der Waals surface area contributed by atoms with Gasteiger partial charge in [-0.3, -0.25) is 0 Å². The predicted molar refractivity (Wildman–Crippen MR) is 75.1 cm³/mol. The van der Waals surface area contributed by atoms with E-state index in [1.54, 1.807) is 0 Å². The summed E-state index contributed by atoms with van der Waals surface area (Å²) in [5.74, 6) is 0. The van der Waals surface area contributed by atoms with E-state index in [4.69, 9.17) is 14.2 Å². The molecule has 1 aliphatic heterocycles. The maximum absolute atomic E-state index is 5.64. The maximum Gasteiger partial charge on any atom is 0.157 e. The number of benzene rings is 1. The third kappa shape index (κ3) is 5.31. The lowest BCUT2D eigenvalue weighted by Gasteiger charge is -2.22. The number of aryl methyl sites for hydroxylation is 2. The van der Waals surface area contributed by atoms with Crippen molar-refractivity contribution in [3.63, 3.8) is 0 Å². The van der Waals surface area contributed by atoms with Crippen molar-refractivity contribution in [1.82, 2.24) is 0 Å². The van der Waals surface area contributed by atoms with Crippen LogP contribution in [0.3, 0.4) is 0 Å². The van der Waals surface area contributed by atoms with Crippen LogP contribution in [0, 0.1) is 13.8 Å². The molecule has 106 valence electrons. The molecule has 0 bridgehead atoms. The van der Waals surface area contributed by atoms with Crippen molar-refractivity contribution in [1.29, 1.82) is 0 Å². The minimum atomic E-state index is -0.0152. The molecule has 1 unspecified atom stereocenters. The molecule has 0 amide bonds. The van der Waals surface area contributed by atoms with Crippen LogP contribution in [-0.2, 0) is 20.8 Å². The molecule has 0 aromatic heterocycles. The summed E-state index contributed by atoms with van der Waals surface area (Å²) in [7, 11) is 0. The van der Waals surface area contributed by atoms with Gasteiger partial charge in [-0.1, -0.05) is 29.3 Å². The summed E-state index contributed by atoms with van der Waals surface area (Å²) in [6, 6.07) is 6.50. The Hall–Kier alpha value is -0.900. The van der Waals surface area contributed by atoms with E-state index >= 15 is 0 Å². The fraction of sp³-hybridized carbons (Fsp3) is 0.625. The fourth-order valence-corrected chi connectivity index (χ4v) is 2.42. The minimum absolute atomic E-state index is 0.0152. The monoisotopic (exact) mass is 264 g/mol. The van der Waals surface area contributed by atoms with Gasteiger partial charge in [0.15, 0.2) is 6.29 Å². The SMILES string of the molecule is Cc1cc(C)cc(COCCOC2CCCCO2)c1. The van der Waals surface area contributed by atoms with Gasteiger partial charge in [0, 0.05) is 6.61 Å². The van der Waals surface area contributed by atoms with E-state index < -0.39 is 0 Å². The van der Waals surface area contributed by atoms with Crippen molar-refractivity contribution in [2.24, 2.45) is 0 Å². The van der Waals surface area contributed by atoms with Crippen LogP contribution < -0.4 is 0 Å². The van der Waals surface area contributed by atoms with Crippen LogP contribution in [0.5, 0.6) is 0 Å². The zero-order chi connectivity index (χ0) is 13.5. The Kier molecular flexibility index (Phi) is 5.83. The number of ether oxygens (including phenoxy) is 3. The molecule has 1 aromatic carbocycles. The quantitative estimate of drug-likeness (QED) is 0.737. The Morgan fingerprint density at radius 2 is 1.89 bits per heavy atom. The zero-order valence-electron chi connectivity index (χ0n) is 12.0. The topological polar surface area (TPSA) is 27.7 Å². The third-order valence-corrected chi connectivity index (χ3v) is 3.22. The molecule has 2 rings (SSSR count). The van der Waals surface area contributed by atoms with Crippen molar-refractivity contribution >= 4 is 0 Å². The molecule has 0 radical (unpaired) electrons. The summed E-state index contributed by atoms with van der Waals surface area (Å²) < 4.78 is 16.8. The zero-order valence-corrected chi connectivity index (χ0v) is 12.0. The molecule has 3 heteroatoms. The molecular weight excluding hydrogens is 240 g/mol. The van der Waals surface area contributed by atoms with Crippen LogP contribution in [-0.4, -0.2) is 26.1 Å². The molecular formula is C16H24O3. The summed E-state index contributed by atoms with van der Waals surface area (Å²) in [6.45, 7) is 6.92. The lowest BCUT2D eigenvalue weighted by molar-refractivity contribution is -0.169. The van der Waals surface area contributed by atoms with Gasteiger partial charge in [-0.2, -0.15) is 0 Å². The fourth-order valence-electron chi connectivity index (χ4n) is 2.42. The van der Waals surface area contributed by atoms with Crippen molar-refractivity contribution in [2.75, 3.05) is 19.8 Å². The largest absolute Gasteiger partial charge is 0.374 e. The van der Waals surface area contributed by atoms with E-state index in [0.717, 1.165) is 19.4 Å². The molecule has 1 saturated heterocycles. The molecule has 1 aromatic rings. The Morgan fingerprint density at radius 3 is 2.58 bits per heavy atom. The van der Waals surface area contributed by atoms with Crippen LogP contribution in [0.15, 0.2) is 18.2 Å². The van der Waals surface area contributed by atoms with E-state index in [1.165, 1.54) is 23.1 Å². The molecule has 1 heterocycles. The second kappa shape index (κ2) is 7.63. The highest BCUT2D eigenvalue weighted by molar-refractivity contribution is 5.27. The highest BCUT2D eigenvalue weighted by atomic mass is 16.7. The first-order valence-corrected chi connectivity index (χ1v) is 7.12. The average Bonchev–Trinajstić information content (AvgIpc) is 2.38. The Morgan fingerprint density at radius 1 is 1.11 bits per heavy atom. The molecule has 0 aliphatic carbocycles. The minimum Gasteiger partial charge on any atom is -0.374 e. The molecule has 0 saturated carbocycles. The van der Waals surface area contributed by atoms with Gasteiger partial charge < -0.3 is 14.2 Å². The number of rotatable bonds is 6. The second-order valence-electron chi connectivity index (χ2n) is 5.22.